The molecule has 118 valence electrons. The molecule has 23 heavy (non-hydrogen) atoms. The van der Waals surface area contributed by atoms with Crippen LogP contribution in [0.15, 0.2) is 59.2 Å². The number of carbonyl (C=O) groups excluding carboxylic acids is 1. The zero-order valence-corrected chi connectivity index (χ0v) is 14.3. The molecule has 3 aromatic rings. The lowest BCUT2D eigenvalue weighted by Gasteiger charge is -2.08. The monoisotopic (exact) mass is 372 g/mol. The normalized spacial score (nSPS) is 10.7. The van der Waals surface area contributed by atoms with Gasteiger partial charge in [0.25, 0.3) is 0 Å². The number of benzene rings is 2. The van der Waals surface area contributed by atoms with Crippen molar-refractivity contribution >= 4 is 32.7 Å². The zero-order valence-electron chi connectivity index (χ0n) is 12.8. The maximum atomic E-state index is 12.2. The molecule has 0 bridgehead atoms. The van der Waals surface area contributed by atoms with Gasteiger partial charge in [-0.15, -0.1) is 0 Å². The molecule has 1 N–H and O–H groups in total. The van der Waals surface area contributed by atoms with Crippen LogP contribution in [0.4, 0.5) is 0 Å². The van der Waals surface area contributed by atoms with E-state index in [1.807, 2.05) is 59.3 Å². The number of halogens is 1. The summed E-state index contributed by atoms with van der Waals surface area (Å²) < 4.78 is 8.16. The molecule has 1 heterocycles. The van der Waals surface area contributed by atoms with Crippen LogP contribution in [0.3, 0.4) is 0 Å². The molecule has 0 saturated heterocycles. The third-order valence-corrected chi connectivity index (χ3v) is 4.16. The van der Waals surface area contributed by atoms with Crippen molar-refractivity contribution in [1.29, 1.82) is 0 Å². The van der Waals surface area contributed by atoms with Crippen LogP contribution < -0.4 is 10.1 Å². The number of fused-ring (bicyclic) bond motifs is 1. The molecule has 0 fully saturated rings. The third-order valence-electron chi connectivity index (χ3n) is 3.67. The fourth-order valence-corrected chi connectivity index (χ4v) is 2.95. The number of ether oxygens (including phenoxy) is 1. The molecular weight excluding hydrogens is 356 g/mol. The number of hydrogen-bond acceptors (Lipinski definition) is 2. The molecule has 0 unspecified atom stereocenters. The van der Waals surface area contributed by atoms with Gasteiger partial charge in [-0.05, 0) is 42.0 Å². The van der Waals surface area contributed by atoms with Crippen molar-refractivity contribution in [3.8, 4) is 5.75 Å². The predicted octanol–water partition coefficient (Wildman–Crippen LogP) is 3.73. The Hall–Kier alpha value is -2.27. The third kappa shape index (κ3) is 3.74. The molecule has 0 spiro atoms. The average Bonchev–Trinajstić information content (AvgIpc) is 2.95. The Kier molecular flexibility index (Phi) is 4.67. The molecule has 4 nitrogen and oxygen atoms in total. The lowest BCUT2D eigenvalue weighted by atomic mass is 10.2. The average molecular weight is 373 g/mol. The van der Waals surface area contributed by atoms with E-state index in [0.717, 1.165) is 26.7 Å². The first-order valence-corrected chi connectivity index (χ1v) is 8.09. The Morgan fingerprint density at radius 2 is 2.09 bits per heavy atom. The molecule has 0 aliphatic carbocycles. The van der Waals surface area contributed by atoms with E-state index < -0.39 is 0 Å². The van der Waals surface area contributed by atoms with E-state index in [1.54, 1.807) is 7.11 Å². The summed E-state index contributed by atoms with van der Waals surface area (Å²) in [5.74, 6) is 0.799. The first-order chi connectivity index (χ1) is 11.2. The molecule has 5 heteroatoms. The summed E-state index contributed by atoms with van der Waals surface area (Å²) in [6, 6.07) is 15.7. The molecule has 2 aromatic carbocycles. The van der Waals surface area contributed by atoms with Gasteiger partial charge in [-0.25, -0.2) is 0 Å². The molecule has 0 radical (unpaired) electrons. The highest BCUT2D eigenvalue weighted by atomic mass is 79.9. The van der Waals surface area contributed by atoms with Crippen LogP contribution in [-0.4, -0.2) is 17.6 Å². The van der Waals surface area contributed by atoms with Gasteiger partial charge < -0.3 is 14.6 Å². The van der Waals surface area contributed by atoms with Crippen molar-refractivity contribution in [3.63, 3.8) is 0 Å². The fourth-order valence-electron chi connectivity index (χ4n) is 2.50. The van der Waals surface area contributed by atoms with Gasteiger partial charge in [-0.3, -0.25) is 4.79 Å². The van der Waals surface area contributed by atoms with E-state index in [-0.39, 0.29) is 5.91 Å². The van der Waals surface area contributed by atoms with Gasteiger partial charge in [0.1, 0.15) is 12.3 Å². The van der Waals surface area contributed by atoms with Crippen molar-refractivity contribution in [2.75, 3.05) is 7.11 Å². The number of methoxy groups -OCH3 is 1. The Morgan fingerprint density at radius 1 is 1.22 bits per heavy atom. The van der Waals surface area contributed by atoms with E-state index in [4.69, 9.17) is 4.74 Å². The molecule has 0 atom stereocenters. The smallest absolute Gasteiger partial charge is 0.240 e. The van der Waals surface area contributed by atoms with Crippen molar-refractivity contribution < 1.29 is 9.53 Å². The van der Waals surface area contributed by atoms with Crippen LogP contribution in [0.25, 0.3) is 10.9 Å². The highest BCUT2D eigenvalue weighted by Crippen LogP contribution is 2.21. The summed E-state index contributed by atoms with van der Waals surface area (Å²) >= 11 is 3.43. The number of carbonyl (C=O) groups is 1. The molecule has 0 aliphatic heterocycles. The fraction of sp³-hybridized carbons (Fsp3) is 0.167. The van der Waals surface area contributed by atoms with Gasteiger partial charge in [0, 0.05) is 28.1 Å². The highest BCUT2D eigenvalue weighted by Gasteiger charge is 2.07. The van der Waals surface area contributed by atoms with E-state index in [1.165, 1.54) is 0 Å². The summed E-state index contributed by atoms with van der Waals surface area (Å²) in [6.45, 7) is 0.815. The lowest BCUT2D eigenvalue weighted by molar-refractivity contribution is -0.121. The van der Waals surface area contributed by atoms with Gasteiger partial charge in [0.05, 0.1) is 7.11 Å². The largest absolute Gasteiger partial charge is 0.497 e. The van der Waals surface area contributed by atoms with Crippen LogP contribution in [0, 0.1) is 0 Å². The van der Waals surface area contributed by atoms with Crippen LogP contribution in [0.1, 0.15) is 5.56 Å². The number of aromatic nitrogens is 1. The zero-order chi connectivity index (χ0) is 16.2. The van der Waals surface area contributed by atoms with Crippen LogP contribution in [0.2, 0.25) is 0 Å². The molecule has 1 amide bonds. The summed E-state index contributed by atoms with van der Waals surface area (Å²) in [6.07, 6.45) is 1.92. The van der Waals surface area contributed by atoms with Crippen molar-refractivity contribution in [2.24, 2.45) is 0 Å². The second kappa shape index (κ2) is 6.87. The van der Waals surface area contributed by atoms with Crippen molar-refractivity contribution in [3.05, 3.63) is 64.8 Å². The molecule has 3 rings (SSSR count). The number of rotatable bonds is 5. The Morgan fingerprint density at radius 3 is 2.87 bits per heavy atom. The minimum Gasteiger partial charge on any atom is -0.497 e. The molecule has 0 aliphatic rings. The van der Waals surface area contributed by atoms with Gasteiger partial charge in [0.2, 0.25) is 5.91 Å². The van der Waals surface area contributed by atoms with Crippen LogP contribution >= 0.6 is 15.9 Å². The van der Waals surface area contributed by atoms with E-state index >= 15 is 0 Å². The van der Waals surface area contributed by atoms with Gasteiger partial charge in [-0.1, -0.05) is 28.1 Å². The van der Waals surface area contributed by atoms with E-state index in [2.05, 4.69) is 21.2 Å². The van der Waals surface area contributed by atoms with Crippen molar-refractivity contribution in [1.82, 2.24) is 9.88 Å². The number of hydrogen-bond donors (Lipinski definition) is 1. The minimum absolute atomic E-state index is 0.0155. The SMILES string of the molecule is COc1ccc2c(ccn2CC(=O)NCc2cccc(Br)c2)c1. The maximum absolute atomic E-state index is 12.2. The molecule has 1 aromatic heterocycles. The maximum Gasteiger partial charge on any atom is 0.240 e. The molecule has 0 saturated carbocycles. The van der Waals surface area contributed by atoms with Gasteiger partial charge in [-0.2, -0.15) is 0 Å². The summed E-state index contributed by atoms with van der Waals surface area (Å²) in [5.41, 5.74) is 2.08. The Labute approximate surface area is 143 Å². The topological polar surface area (TPSA) is 43.3 Å². The Balaban J connectivity index is 1.66. The second-order valence-electron chi connectivity index (χ2n) is 5.28. The van der Waals surface area contributed by atoms with Gasteiger partial charge >= 0.3 is 0 Å². The van der Waals surface area contributed by atoms with E-state index in [9.17, 15) is 4.79 Å². The Bertz CT molecular complexity index is 842. The lowest BCUT2D eigenvalue weighted by Crippen LogP contribution is -2.26. The van der Waals surface area contributed by atoms with Crippen LogP contribution in [-0.2, 0) is 17.9 Å². The first kappa shape index (κ1) is 15.6. The summed E-state index contributed by atoms with van der Waals surface area (Å²) in [7, 11) is 1.65. The van der Waals surface area contributed by atoms with Crippen LogP contribution in [0.5, 0.6) is 5.75 Å². The summed E-state index contributed by atoms with van der Waals surface area (Å²) in [4.78, 5) is 12.2. The summed E-state index contributed by atoms with van der Waals surface area (Å²) in [5, 5.41) is 4.01. The first-order valence-electron chi connectivity index (χ1n) is 7.30. The number of amides is 1. The van der Waals surface area contributed by atoms with Gasteiger partial charge in [0.15, 0.2) is 0 Å². The predicted molar refractivity (Wildman–Crippen MR) is 94.5 cm³/mol. The van der Waals surface area contributed by atoms with Crippen molar-refractivity contribution in [2.45, 2.75) is 13.1 Å². The standard InChI is InChI=1S/C18H17BrN2O2/c1-23-16-5-6-17-14(10-16)7-8-21(17)12-18(22)20-11-13-3-2-4-15(19)9-13/h2-10H,11-12H2,1H3,(H,20,22). The number of nitrogens with zero attached hydrogens (tertiary/aromatic N) is 1. The number of nitrogens with one attached hydrogen (secondary N) is 1. The second-order valence-corrected chi connectivity index (χ2v) is 6.19. The quantitative estimate of drug-likeness (QED) is 0.741. The minimum atomic E-state index is -0.0155. The van der Waals surface area contributed by atoms with E-state index in [0.29, 0.717) is 13.1 Å². The molecular formula is C18H17BrN2O2. The highest BCUT2D eigenvalue weighted by molar-refractivity contribution is 9.10.